The number of nitrogens with zero attached hydrogens (tertiary/aromatic N) is 1. The van der Waals surface area contributed by atoms with Crippen molar-refractivity contribution in [3.05, 3.63) is 56.6 Å². The number of nitrogens with one attached hydrogen (secondary N) is 1. The molecular weight excluding hydrogens is 312 g/mol. The van der Waals surface area contributed by atoms with Crippen LogP contribution in [0.3, 0.4) is 0 Å². The van der Waals surface area contributed by atoms with Crippen LogP contribution in [0, 0.1) is 0 Å². The predicted octanol–water partition coefficient (Wildman–Crippen LogP) is 4.38. The minimum Gasteiger partial charge on any atom is -0.266 e. The van der Waals surface area contributed by atoms with Crippen LogP contribution in [0.25, 0.3) is 10.1 Å². The van der Waals surface area contributed by atoms with Gasteiger partial charge in [-0.25, -0.2) is 5.43 Å². The van der Waals surface area contributed by atoms with Crippen LogP contribution in [0.15, 0.2) is 46.9 Å². The fourth-order valence-corrected chi connectivity index (χ4v) is 3.72. The van der Waals surface area contributed by atoms with Crippen LogP contribution in [-0.2, 0) is 0 Å². The van der Waals surface area contributed by atoms with Gasteiger partial charge in [-0.05, 0) is 17.5 Å². The number of thiophene rings is 2. The summed E-state index contributed by atoms with van der Waals surface area (Å²) in [5, 5.41) is 7.26. The number of halogens is 1. The Morgan fingerprint density at radius 3 is 2.85 bits per heavy atom. The topological polar surface area (TPSA) is 41.5 Å². The number of carbonyl (C=O) groups is 1. The molecule has 0 aliphatic carbocycles. The molecule has 0 fully saturated rings. The lowest BCUT2D eigenvalue weighted by atomic mass is 10.2. The molecule has 0 spiro atoms. The van der Waals surface area contributed by atoms with Crippen molar-refractivity contribution < 1.29 is 4.79 Å². The first-order valence-electron chi connectivity index (χ1n) is 5.79. The van der Waals surface area contributed by atoms with Gasteiger partial charge >= 0.3 is 0 Å². The van der Waals surface area contributed by atoms with Gasteiger partial charge in [0, 0.05) is 15.0 Å². The van der Waals surface area contributed by atoms with E-state index in [4.69, 9.17) is 11.6 Å². The number of hydrazone groups is 1. The van der Waals surface area contributed by atoms with E-state index in [1.165, 1.54) is 11.3 Å². The molecule has 6 heteroatoms. The molecule has 1 N–H and O–H groups in total. The lowest BCUT2D eigenvalue weighted by molar-refractivity contribution is 0.0959. The average Bonchev–Trinajstić information content (AvgIpc) is 3.08. The summed E-state index contributed by atoms with van der Waals surface area (Å²) in [4.78, 5) is 13.5. The van der Waals surface area contributed by atoms with Gasteiger partial charge in [-0.2, -0.15) is 5.10 Å². The van der Waals surface area contributed by atoms with Crippen molar-refractivity contribution in [2.24, 2.45) is 5.10 Å². The fourth-order valence-electron chi connectivity index (χ4n) is 1.73. The van der Waals surface area contributed by atoms with Crippen LogP contribution in [0.2, 0.25) is 5.02 Å². The van der Waals surface area contributed by atoms with Crippen molar-refractivity contribution in [3.63, 3.8) is 0 Å². The van der Waals surface area contributed by atoms with Gasteiger partial charge in [0.15, 0.2) is 0 Å². The highest BCUT2D eigenvalue weighted by Crippen LogP contribution is 2.34. The Hall–Kier alpha value is -1.69. The lowest BCUT2D eigenvalue weighted by Gasteiger charge is -1.96. The maximum absolute atomic E-state index is 12.1. The van der Waals surface area contributed by atoms with Crippen molar-refractivity contribution in [2.45, 2.75) is 0 Å². The van der Waals surface area contributed by atoms with E-state index in [0.29, 0.717) is 9.90 Å². The molecule has 0 bridgehead atoms. The number of fused-ring (bicyclic) bond motifs is 1. The molecular formula is C14H9ClN2OS2. The van der Waals surface area contributed by atoms with Crippen LogP contribution in [-0.4, -0.2) is 12.1 Å². The van der Waals surface area contributed by atoms with E-state index < -0.39 is 0 Å². The molecule has 0 radical (unpaired) electrons. The summed E-state index contributed by atoms with van der Waals surface area (Å²) in [7, 11) is 0. The Morgan fingerprint density at radius 1 is 1.25 bits per heavy atom. The lowest BCUT2D eigenvalue weighted by Crippen LogP contribution is -2.16. The molecule has 0 atom stereocenters. The summed E-state index contributed by atoms with van der Waals surface area (Å²) in [6.07, 6.45) is 1.61. The van der Waals surface area contributed by atoms with E-state index in [0.717, 1.165) is 15.0 Å². The third-order valence-electron chi connectivity index (χ3n) is 2.64. The van der Waals surface area contributed by atoms with Crippen LogP contribution >= 0.6 is 34.3 Å². The number of hydrogen-bond acceptors (Lipinski definition) is 4. The summed E-state index contributed by atoms with van der Waals surface area (Å²) >= 11 is 9.15. The van der Waals surface area contributed by atoms with Gasteiger partial charge in [0.2, 0.25) is 0 Å². The number of carbonyl (C=O) groups excluding carboxylic acids is 1. The second kappa shape index (κ2) is 5.75. The highest BCUT2D eigenvalue weighted by Gasteiger charge is 2.16. The number of rotatable bonds is 3. The molecule has 0 aliphatic rings. The summed E-state index contributed by atoms with van der Waals surface area (Å²) in [5.74, 6) is -0.288. The van der Waals surface area contributed by atoms with Gasteiger partial charge in [-0.15, -0.1) is 22.7 Å². The highest BCUT2D eigenvalue weighted by molar-refractivity contribution is 7.21. The van der Waals surface area contributed by atoms with E-state index in [1.54, 1.807) is 17.6 Å². The molecule has 0 unspecified atom stereocenters. The third-order valence-corrected chi connectivity index (χ3v) is 5.12. The Kier molecular flexibility index (Phi) is 3.82. The van der Waals surface area contributed by atoms with Gasteiger partial charge in [0.25, 0.3) is 5.91 Å². The SMILES string of the molecule is O=C(NN=Cc1cccs1)c1sc2ccccc2c1Cl. The van der Waals surface area contributed by atoms with Crippen molar-refractivity contribution in [1.82, 2.24) is 5.43 Å². The second-order valence-electron chi connectivity index (χ2n) is 3.96. The Labute approximate surface area is 128 Å². The largest absolute Gasteiger partial charge is 0.283 e. The van der Waals surface area contributed by atoms with E-state index in [-0.39, 0.29) is 5.91 Å². The van der Waals surface area contributed by atoms with Crippen LogP contribution < -0.4 is 5.43 Å². The van der Waals surface area contributed by atoms with Crippen LogP contribution in [0.4, 0.5) is 0 Å². The van der Waals surface area contributed by atoms with E-state index in [2.05, 4.69) is 10.5 Å². The smallest absolute Gasteiger partial charge is 0.266 e. The van der Waals surface area contributed by atoms with E-state index >= 15 is 0 Å². The van der Waals surface area contributed by atoms with Gasteiger partial charge in [0.05, 0.1) is 11.2 Å². The summed E-state index contributed by atoms with van der Waals surface area (Å²) in [5.41, 5.74) is 2.50. The van der Waals surface area contributed by atoms with Crippen LogP contribution in [0.1, 0.15) is 14.5 Å². The molecule has 0 aliphatic heterocycles. The zero-order valence-electron chi connectivity index (χ0n) is 10.2. The molecule has 100 valence electrons. The molecule has 3 rings (SSSR count). The van der Waals surface area contributed by atoms with Gasteiger partial charge in [0.1, 0.15) is 4.88 Å². The molecule has 3 nitrogen and oxygen atoms in total. The second-order valence-corrected chi connectivity index (χ2v) is 6.37. The minimum atomic E-state index is -0.288. The molecule has 0 saturated heterocycles. The number of amides is 1. The monoisotopic (exact) mass is 320 g/mol. The standard InChI is InChI=1S/C14H9ClN2OS2/c15-12-10-5-1-2-6-11(10)20-13(12)14(18)17-16-8-9-4-3-7-19-9/h1-8H,(H,17,18). The van der Waals surface area contributed by atoms with E-state index in [9.17, 15) is 4.79 Å². The summed E-state index contributed by atoms with van der Waals surface area (Å²) in [6.45, 7) is 0. The number of benzene rings is 1. The number of hydrogen-bond donors (Lipinski definition) is 1. The molecule has 2 aromatic heterocycles. The van der Waals surface area contributed by atoms with Gasteiger partial charge in [-0.3, -0.25) is 4.79 Å². The Bertz CT molecular complexity index is 778. The first-order valence-corrected chi connectivity index (χ1v) is 7.87. The maximum atomic E-state index is 12.1. The molecule has 1 amide bonds. The van der Waals surface area contributed by atoms with Crippen molar-refractivity contribution in [2.75, 3.05) is 0 Å². The summed E-state index contributed by atoms with van der Waals surface area (Å²) in [6, 6.07) is 11.5. The Morgan fingerprint density at radius 2 is 2.10 bits per heavy atom. The van der Waals surface area contributed by atoms with Gasteiger partial charge < -0.3 is 0 Å². The maximum Gasteiger partial charge on any atom is 0.283 e. The zero-order valence-corrected chi connectivity index (χ0v) is 12.6. The van der Waals surface area contributed by atoms with Crippen LogP contribution in [0.5, 0.6) is 0 Å². The van der Waals surface area contributed by atoms with Crippen molar-refractivity contribution >= 4 is 56.5 Å². The van der Waals surface area contributed by atoms with Crippen molar-refractivity contribution in [3.8, 4) is 0 Å². The molecule has 0 saturated carbocycles. The molecule has 20 heavy (non-hydrogen) atoms. The zero-order chi connectivity index (χ0) is 13.9. The Balaban J connectivity index is 1.80. The molecule has 2 heterocycles. The fraction of sp³-hybridized carbons (Fsp3) is 0. The summed E-state index contributed by atoms with van der Waals surface area (Å²) < 4.78 is 0.991. The molecule has 1 aromatic carbocycles. The van der Waals surface area contributed by atoms with E-state index in [1.807, 2.05) is 41.8 Å². The minimum absolute atomic E-state index is 0.288. The van der Waals surface area contributed by atoms with Crippen molar-refractivity contribution in [1.29, 1.82) is 0 Å². The first-order chi connectivity index (χ1) is 9.75. The average molecular weight is 321 g/mol. The molecule has 3 aromatic rings. The first kappa shape index (κ1) is 13.3. The third kappa shape index (κ3) is 2.60. The normalized spacial score (nSPS) is 11.2. The highest BCUT2D eigenvalue weighted by atomic mass is 35.5. The van der Waals surface area contributed by atoms with Gasteiger partial charge in [-0.1, -0.05) is 35.9 Å². The predicted molar refractivity (Wildman–Crippen MR) is 86.2 cm³/mol. The quantitative estimate of drug-likeness (QED) is 0.564.